The topological polar surface area (TPSA) is 78.9 Å². The molecule has 1 aliphatic heterocycles. The first kappa shape index (κ1) is 18.8. The highest BCUT2D eigenvalue weighted by Crippen LogP contribution is 2.17. The predicted octanol–water partition coefficient (Wildman–Crippen LogP) is 3.27. The number of para-hydroxylation sites is 1. The third kappa shape index (κ3) is 5.48. The molecule has 2 aromatic carbocycles. The molecule has 0 radical (unpaired) electrons. The van der Waals surface area contributed by atoms with Crippen LogP contribution in [0, 0.1) is 5.92 Å². The van der Waals surface area contributed by atoms with Crippen LogP contribution in [0.15, 0.2) is 54.6 Å². The molecule has 2 aromatic rings. The van der Waals surface area contributed by atoms with E-state index in [2.05, 4.69) is 5.32 Å². The molecular weight excluding hydrogens is 344 g/mol. The van der Waals surface area contributed by atoms with Gasteiger partial charge in [0.2, 0.25) is 0 Å². The summed E-state index contributed by atoms with van der Waals surface area (Å²) >= 11 is 0. The number of ether oxygens (including phenoxy) is 1. The van der Waals surface area contributed by atoms with E-state index in [9.17, 15) is 9.59 Å². The number of carboxylic acid groups (broad SMARTS) is 1. The Hall–Kier alpha value is -3.02. The molecular formula is C21H24N2O4. The second kappa shape index (κ2) is 9.07. The zero-order chi connectivity index (χ0) is 19.1. The fourth-order valence-electron chi connectivity index (χ4n) is 3.06. The van der Waals surface area contributed by atoms with Crippen molar-refractivity contribution in [3.05, 3.63) is 65.7 Å². The van der Waals surface area contributed by atoms with Crippen LogP contribution >= 0.6 is 0 Å². The number of nitrogens with one attached hydrogen (secondary N) is 1. The summed E-state index contributed by atoms with van der Waals surface area (Å²) in [5, 5.41) is 11.9. The fraction of sp³-hybridized carbons (Fsp3) is 0.333. The lowest BCUT2D eigenvalue weighted by molar-refractivity contribution is -0.143. The van der Waals surface area contributed by atoms with Gasteiger partial charge in [0.1, 0.15) is 12.4 Å². The Morgan fingerprint density at radius 1 is 1.00 bits per heavy atom. The minimum Gasteiger partial charge on any atom is -0.489 e. The highest BCUT2D eigenvalue weighted by Gasteiger charge is 2.26. The monoisotopic (exact) mass is 368 g/mol. The normalized spacial score (nSPS) is 14.6. The highest BCUT2D eigenvalue weighted by molar-refractivity contribution is 5.75. The quantitative estimate of drug-likeness (QED) is 0.820. The molecule has 2 N–H and O–H groups in total. The van der Waals surface area contributed by atoms with Crippen LogP contribution in [0.25, 0.3) is 0 Å². The number of urea groups is 1. The number of carbonyl (C=O) groups excluding carboxylic acids is 1. The first-order valence-corrected chi connectivity index (χ1v) is 9.13. The van der Waals surface area contributed by atoms with Gasteiger partial charge in [-0.2, -0.15) is 0 Å². The molecule has 3 rings (SSSR count). The van der Waals surface area contributed by atoms with Gasteiger partial charge in [-0.3, -0.25) is 4.79 Å². The van der Waals surface area contributed by atoms with Gasteiger partial charge in [0.15, 0.2) is 0 Å². The Bertz CT molecular complexity index is 754. The van der Waals surface area contributed by atoms with Gasteiger partial charge in [-0.15, -0.1) is 0 Å². The molecule has 6 heteroatoms. The number of amides is 2. The minimum atomic E-state index is -0.772. The summed E-state index contributed by atoms with van der Waals surface area (Å²) in [7, 11) is 0. The van der Waals surface area contributed by atoms with Crippen LogP contribution in [0.4, 0.5) is 4.79 Å². The molecule has 0 aromatic heterocycles. The number of aliphatic carboxylic acids is 1. The number of benzene rings is 2. The number of likely N-dealkylation sites (tertiary alicyclic amines) is 1. The Morgan fingerprint density at radius 3 is 2.26 bits per heavy atom. The van der Waals surface area contributed by atoms with Crippen molar-refractivity contribution in [3.8, 4) is 5.75 Å². The van der Waals surface area contributed by atoms with E-state index in [1.165, 1.54) is 0 Å². The number of rotatable bonds is 6. The average molecular weight is 368 g/mol. The number of hydrogen-bond donors (Lipinski definition) is 2. The highest BCUT2D eigenvalue weighted by atomic mass is 16.5. The Labute approximate surface area is 158 Å². The lowest BCUT2D eigenvalue weighted by Gasteiger charge is -2.30. The zero-order valence-electron chi connectivity index (χ0n) is 15.1. The Balaban J connectivity index is 1.42. The molecule has 0 saturated carbocycles. The van der Waals surface area contributed by atoms with Crippen molar-refractivity contribution in [1.82, 2.24) is 10.2 Å². The molecule has 1 fully saturated rings. The van der Waals surface area contributed by atoms with Crippen LogP contribution in [0.2, 0.25) is 0 Å². The third-order valence-corrected chi connectivity index (χ3v) is 4.75. The second-order valence-corrected chi connectivity index (χ2v) is 6.68. The molecule has 6 nitrogen and oxygen atoms in total. The van der Waals surface area contributed by atoms with Crippen molar-refractivity contribution >= 4 is 12.0 Å². The van der Waals surface area contributed by atoms with Crippen molar-refractivity contribution in [2.45, 2.75) is 26.0 Å². The van der Waals surface area contributed by atoms with Crippen molar-refractivity contribution in [2.75, 3.05) is 13.1 Å². The number of carbonyl (C=O) groups is 2. The lowest BCUT2D eigenvalue weighted by Crippen LogP contribution is -2.45. The fourth-order valence-corrected chi connectivity index (χ4v) is 3.06. The third-order valence-electron chi connectivity index (χ3n) is 4.75. The second-order valence-electron chi connectivity index (χ2n) is 6.68. The van der Waals surface area contributed by atoms with E-state index in [1.807, 2.05) is 54.6 Å². The van der Waals surface area contributed by atoms with E-state index in [1.54, 1.807) is 4.90 Å². The van der Waals surface area contributed by atoms with E-state index in [0.717, 1.165) is 16.9 Å². The number of nitrogens with zero attached hydrogens (tertiary/aromatic N) is 1. The first-order valence-electron chi connectivity index (χ1n) is 9.13. The number of hydrogen-bond acceptors (Lipinski definition) is 3. The molecule has 2 amide bonds. The van der Waals surface area contributed by atoms with E-state index in [4.69, 9.17) is 9.84 Å². The van der Waals surface area contributed by atoms with Crippen LogP contribution in [0.5, 0.6) is 5.75 Å². The van der Waals surface area contributed by atoms with Crippen molar-refractivity contribution in [1.29, 1.82) is 0 Å². The van der Waals surface area contributed by atoms with Crippen LogP contribution in [-0.2, 0) is 17.9 Å². The molecule has 0 atom stereocenters. The van der Waals surface area contributed by atoms with Crippen LogP contribution < -0.4 is 10.1 Å². The lowest BCUT2D eigenvalue weighted by atomic mass is 9.97. The van der Waals surface area contributed by atoms with Gasteiger partial charge in [0.05, 0.1) is 5.92 Å². The van der Waals surface area contributed by atoms with E-state index in [-0.39, 0.29) is 11.9 Å². The number of piperidine rings is 1. The average Bonchev–Trinajstić information content (AvgIpc) is 2.72. The summed E-state index contributed by atoms with van der Waals surface area (Å²) in [5.41, 5.74) is 2.07. The smallest absolute Gasteiger partial charge is 0.317 e. The van der Waals surface area contributed by atoms with Crippen LogP contribution in [0.3, 0.4) is 0 Å². The minimum absolute atomic E-state index is 0.143. The molecule has 27 heavy (non-hydrogen) atoms. The van der Waals surface area contributed by atoms with Gasteiger partial charge in [0, 0.05) is 19.6 Å². The molecule has 1 saturated heterocycles. The van der Waals surface area contributed by atoms with E-state index < -0.39 is 5.97 Å². The van der Waals surface area contributed by atoms with Crippen LogP contribution in [-0.4, -0.2) is 35.1 Å². The van der Waals surface area contributed by atoms with E-state index >= 15 is 0 Å². The maximum absolute atomic E-state index is 12.2. The number of carboxylic acids is 1. The molecule has 0 bridgehead atoms. The summed E-state index contributed by atoms with van der Waals surface area (Å²) in [6.07, 6.45) is 1.03. The molecule has 0 aliphatic carbocycles. The molecule has 142 valence electrons. The van der Waals surface area contributed by atoms with Gasteiger partial charge in [-0.05, 0) is 36.1 Å². The molecule has 1 heterocycles. The zero-order valence-corrected chi connectivity index (χ0v) is 15.1. The summed E-state index contributed by atoms with van der Waals surface area (Å²) in [4.78, 5) is 24.9. The molecule has 0 spiro atoms. The Morgan fingerprint density at radius 2 is 1.63 bits per heavy atom. The maximum Gasteiger partial charge on any atom is 0.317 e. The standard InChI is InChI=1S/C21H24N2O4/c24-20(25)18-10-12-23(13-11-18)21(26)22-14-16-6-8-17(9-7-16)15-27-19-4-2-1-3-5-19/h1-9,18H,10-15H2,(H,22,26)(H,24,25). The van der Waals surface area contributed by atoms with Crippen molar-refractivity contribution in [3.63, 3.8) is 0 Å². The van der Waals surface area contributed by atoms with E-state index in [0.29, 0.717) is 39.1 Å². The predicted molar refractivity (Wildman–Crippen MR) is 101 cm³/mol. The Kier molecular flexibility index (Phi) is 6.30. The van der Waals surface area contributed by atoms with Gasteiger partial charge >= 0.3 is 12.0 Å². The van der Waals surface area contributed by atoms with Crippen LogP contribution in [0.1, 0.15) is 24.0 Å². The van der Waals surface area contributed by atoms with Gasteiger partial charge in [0.25, 0.3) is 0 Å². The SMILES string of the molecule is O=C(O)C1CCN(C(=O)NCc2ccc(COc3ccccc3)cc2)CC1. The van der Waals surface area contributed by atoms with Crippen molar-refractivity contribution < 1.29 is 19.4 Å². The summed E-state index contributed by atoms with van der Waals surface area (Å²) in [5.74, 6) is -0.272. The first-order chi connectivity index (χ1) is 13.1. The van der Waals surface area contributed by atoms with Gasteiger partial charge in [-0.25, -0.2) is 4.79 Å². The van der Waals surface area contributed by atoms with Crippen molar-refractivity contribution in [2.24, 2.45) is 5.92 Å². The maximum atomic E-state index is 12.2. The summed E-state index contributed by atoms with van der Waals surface area (Å²) in [6, 6.07) is 17.4. The molecule has 1 aliphatic rings. The summed E-state index contributed by atoms with van der Waals surface area (Å²) < 4.78 is 5.72. The largest absolute Gasteiger partial charge is 0.489 e. The van der Waals surface area contributed by atoms with Gasteiger partial charge < -0.3 is 20.1 Å². The summed E-state index contributed by atoms with van der Waals surface area (Å²) in [6.45, 7) is 1.91. The molecule has 0 unspecified atom stereocenters. The van der Waals surface area contributed by atoms with Gasteiger partial charge in [-0.1, -0.05) is 42.5 Å².